The molecule has 1 aliphatic carbocycles. The van der Waals surface area contributed by atoms with E-state index in [1.54, 1.807) is 0 Å². The Kier molecular flexibility index (Phi) is 3.65. The maximum Gasteiger partial charge on any atom is 0.227 e. The molecule has 0 radical (unpaired) electrons. The normalized spacial score (nSPS) is 16.5. The number of benzene rings is 2. The maximum absolute atomic E-state index is 12.5. The molecule has 0 saturated heterocycles. The number of nitrogen functional groups attached to an aromatic ring is 1. The number of nitrogens with zero attached hydrogens (tertiary/aromatic N) is 1. The first-order chi connectivity index (χ1) is 10.1. The van der Waals surface area contributed by atoms with Crippen LogP contribution in [0.3, 0.4) is 0 Å². The van der Waals surface area contributed by atoms with Gasteiger partial charge in [-0.05, 0) is 41.7 Å². The van der Waals surface area contributed by atoms with E-state index in [0.717, 1.165) is 24.1 Å². The van der Waals surface area contributed by atoms with Crippen molar-refractivity contribution in [3.8, 4) is 0 Å². The standard InChI is InChI=1S/C18H20N2O/c1-20(17-11-8-14-4-2-3-5-16(14)17)18(21)12-13-6-9-15(19)10-7-13/h2-7,9-10,17H,8,11-12,19H2,1H3. The molecule has 2 aromatic rings. The Bertz CT molecular complexity index is 649. The summed E-state index contributed by atoms with van der Waals surface area (Å²) in [7, 11) is 1.91. The number of rotatable bonds is 3. The Balaban J connectivity index is 1.72. The molecule has 3 nitrogen and oxygen atoms in total. The van der Waals surface area contributed by atoms with Crippen LogP contribution in [0, 0.1) is 0 Å². The summed E-state index contributed by atoms with van der Waals surface area (Å²) in [6, 6.07) is 16.1. The molecule has 21 heavy (non-hydrogen) atoms. The lowest BCUT2D eigenvalue weighted by molar-refractivity contribution is -0.131. The molecule has 0 heterocycles. The van der Waals surface area contributed by atoms with Crippen LogP contribution in [0.2, 0.25) is 0 Å². The molecule has 0 fully saturated rings. The van der Waals surface area contributed by atoms with Crippen molar-refractivity contribution in [2.45, 2.75) is 25.3 Å². The topological polar surface area (TPSA) is 46.3 Å². The van der Waals surface area contributed by atoms with Crippen molar-refractivity contribution in [2.75, 3.05) is 12.8 Å². The van der Waals surface area contributed by atoms with Crippen LogP contribution in [0.4, 0.5) is 5.69 Å². The van der Waals surface area contributed by atoms with Gasteiger partial charge >= 0.3 is 0 Å². The number of carbonyl (C=O) groups is 1. The molecule has 0 spiro atoms. The summed E-state index contributed by atoms with van der Waals surface area (Å²) in [6.07, 6.45) is 2.50. The predicted molar refractivity (Wildman–Crippen MR) is 84.8 cm³/mol. The third kappa shape index (κ3) is 2.77. The van der Waals surface area contributed by atoms with E-state index in [4.69, 9.17) is 5.73 Å². The molecule has 0 aromatic heterocycles. The largest absolute Gasteiger partial charge is 0.399 e. The second-order valence-corrected chi connectivity index (χ2v) is 5.68. The van der Waals surface area contributed by atoms with Crippen LogP contribution in [0.1, 0.15) is 29.2 Å². The van der Waals surface area contributed by atoms with Crippen LogP contribution in [0.5, 0.6) is 0 Å². The molecule has 3 rings (SSSR count). The molecule has 108 valence electrons. The van der Waals surface area contributed by atoms with Crippen LogP contribution in [-0.2, 0) is 17.6 Å². The van der Waals surface area contributed by atoms with Crippen molar-refractivity contribution in [1.29, 1.82) is 0 Å². The third-order valence-corrected chi connectivity index (χ3v) is 4.30. The average Bonchev–Trinajstić information content (AvgIpc) is 2.92. The highest BCUT2D eigenvalue weighted by Gasteiger charge is 2.28. The summed E-state index contributed by atoms with van der Waals surface area (Å²) in [5.74, 6) is 0.154. The van der Waals surface area contributed by atoms with Crippen molar-refractivity contribution in [2.24, 2.45) is 0 Å². The highest BCUT2D eigenvalue weighted by molar-refractivity contribution is 5.79. The Morgan fingerprint density at radius 1 is 1.19 bits per heavy atom. The summed E-state index contributed by atoms with van der Waals surface area (Å²) in [6.45, 7) is 0. The van der Waals surface area contributed by atoms with Gasteiger partial charge in [0.2, 0.25) is 5.91 Å². The molecule has 3 heteroatoms. The van der Waals surface area contributed by atoms with Gasteiger partial charge in [-0.15, -0.1) is 0 Å². The van der Waals surface area contributed by atoms with Crippen molar-refractivity contribution in [3.05, 3.63) is 65.2 Å². The number of anilines is 1. The summed E-state index contributed by atoms with van der Waals surface area (Å²) in [4.78, 5) is 14.4. The Hall–Kier alpha value is -2.29. The fourth-order valence-corrected chi connectivity index (χ4v) is 3.05. The number of aryl methyl sites for hydroxylation is 1. The zero-order chi connectivity index (χ0) is 14.8. The van der Waals surface area contributed by atoms with Crippen molar-refractivity contribution >= 4 is 11.6 Å². The van der Waals surface area contributed by atoms with E-state index >= 15 is 0 Å². The molecule has 2 aromatic carbocycles. The number of hydrogen-bond donors (Lipinski definition) is 1. The van der Waals surface area contributed by atoms with Crippen LogP contribution < -0.4 is 5.73 Å². The van der Waals surface area contributed by atoms with E-state index in [1.165, 1.54) is 11.1 Å². The molecule has 1 atom stereocenters. The van der Waals surface area contributed by atoms with Crippen molar-refractivity contribution in [1.82, 2.24) is 4.90 Å². The first kappa shape index (κ1) is 13.7. The number of carbonyl (C=O) groups excluding carboxylic acids is 1. The van der Waals surface area contributed by atoms with Gasteiger partial charge in [0.1, 0.15) is 0 Å². The van der Waals surface area contributed by atoms with Gasteiger partial charge in [-0.25, -0.2) is 0 Å². The van der Waals surface area contributed by atoms with E-state index in [9.17, 15) is 4.79 Å². The SMILES string of the molecule is CN(C(=O)Cc1ccc(N)cc1)C1CCc2ccccc21. The Morgan fingerprint density at radius 3 is 2.67 bits per heavy atom. The van der Waals surface area contributed by atoms with E-state index in [-0.39, 0.29) is 11.9 Å². The number of nitrogens with two attached hydrogens (primary N) is 1. The van der Waals surface area contributed by atoms with Gasteiger partial charge in [0.25, 0.3) is 0 Å². The summed E-state index contributed by atoms with van der Waals surface area (Å²) in [5.41, 5.74) is 10.1. The predicted octanol–water partition coefficient (Wildman–Crippen LogP) is 2.96. The molecule has 0 bridgehead atoms. The molecule has 1 aliphatic rings. The number of hydrogen-bond acceptors (Lipinski definition) is 2. The van der Waals surface area contributed by atoms with Gasteiger partial charge in [-0.3, -0.25) is 4.79 Å². The Labute approximate surface area is 125 Å². The van der Waals surface area contributed by atoms with Gasteiger partial charge in [0.05, 0.1) is 12.5 Å². The minimum absolute atomic E-state index is 0.154. The second kappa shape index (κ2) is 5.60. The smallest absolute Gasteiger partial charge is 0.227 e. The average molecular weight is 280 g/mol. The van der Waals surface area contributed by atoms with Crippen LogP contribution in [0.25, 0.3) is 0 Å². The fraction of sp³-hybridized carbons (Fsp3) is 0.278. The van der Waals surface area contributed by atoms with Gasteiger partial charge in [0.15, 0.2) is 0 Å². The number of fused-ring (bicyclic) bond motifs is 1. The van der Waals surface area contributed by atoms with E-state index in [0.29, 0.717) is 6.42 Å². The van der Waals surface area contributed by atoms with E-state index in [1.807, 2.05) is 36.2 Å². The summed E-state index contributed by atoms with van der Waals surface area (Å²) in [5, 5.41) is 0. The zero-order valence-corrected chi connectivity index (χ0v) is 12.3. The first-order valence-electron chi connectivity index (χ1n) is 7.33. The van der Waals surface area contributed by atoms with Gasteiger partial charge < -0.3 is 10.6 Å². The quantitative estimate of drug-likeness (QED) is 0.879. The number of amides is 1. The molecular formula is C18H20N2O. The molecule has 1 amide bonds. The second-order valence-electron chi connectivity index (χ2n) is 5.68. The van der Waals surface area contributed by atoms with Crippen molar-refractivity contribution in [3.63, 3.8) is 0 Å². The van der Waals surface area contributed by atoms with E-state index < -0.39 is 0 Å². The minimum Gasteiger partial charge on any atom is -0.399 e. The van der Waals surface area contributed by atoms with Crippen molar-refractivity contribution < 1.29 is 4.79 Å². The van der Waals surface area contributed by atoms with Crippen LogP contribution in [-0.4, -0.2) is 17.9 Å². The van der Waals surface area contributed by atoms with Gasteiger partial charge in [0, 0.05) is 12.7 Å². The molecular weight excluding hydrogens is 260 g/mol. The van der Waals surface area contributed by atoms with E-state index in [2.05, 4.69) is 24.3 Å². The first-order valence-corrected chi connectivity index (χ1v) is 7.33. The lowest BCUT2D eigenvalue weighted by atomic mass is 10.1. The summed E-state index contributed by atoms with van der Waals surface area (Å²) >= 11 is 0. The molecule has 1 unspecified atom stereocenters. The third-order valence-electron chi connectivity index (χ3n) is 4.30. The number of likely N-dealkylation sites (N-methyl/N-ethyl adjacent to an activating group) is 1. The van der Waals surface area contributed by atoms with Gasteiger partial charge in [-0.1, -0.05) is 36.4 Å². The zero-order valence-electron chi connectivity index (χ0n) is 12.3. The van der Waals surface area contributed by atoms with Gasteiger partial charge in [-0.2, -0.15) is 0 Å². The summed E-state index contributed by atoms with van der Waals surface area (Å²) < 4.78 is 0. The molecule has 0 aliphatic heterocycles. The lowest BCUT2D eigenvalue weighted by Crippen LogP contribution is -2.31. The maximum atomic E-state index is 12.5. The molecule has 0 saturated carbocycles. The van der Waals surface area contributed by atoms with Crippen LogP contribution >= 0.6 is 0 Å². The molecule has 2 N–H and O–H groups in total. The highest BCUT2D eigenvalue weighted by Crippen LogP contribution is 2.34. The Morgan fingerprint density at radius 2 is 1.90 bits per heavy atom. The fourth-order valence-electron chi connectivity index (χ4n) is 3.05. The van der Waals surface area contributed by atoms with Crippen LogP contribution in [0.15, 0.2) is 48.5 Å². The lowest BCUT2D eigenvalue weighted by Gasteiger charge is -2.25. The highest BCUT2D eigenvalue weighted by atomic mass is 16.2. The minimum atomic E-state index is 0.154. The monoisotopic (exact) mass is 280 g/mol.